The van der Waals surface area contributed by atoms with E-state index in [4.69, 9.17) is 0 Å². The minimum atomic E-state index is -0.107. The number of fused-ring (bicyclic) bond motifs is 1. The molecule has 0 unspecified atom stereocenters. The molecule has 1 fully saturated rings. The molecule has 0 spiro atoms. The molecule has 2 aliphatic rings. The molecule has 1 saturated heterocycles. The number of carbonyl (C=O) groups excluding carboxylic acids is 1. The summed E-state index contributed by atoms with van der Waals surface area (Å²) in [4.78, 5) is 14.4. The van der Waals surface area contributed by atoms with Crippen LogP contribution in [0.4, 0.5) is 0 Å². The van der Waals surface area contributed by atoms with Crippen molar-refractivity contribution in [1.82, 2.24) is 20.0 Å². The predicted octanol–water partition coefficient (Wildman–Crippen LogP) is 1.88. The monoisotopic (exact) mass is 290 g/mol. The van der Waals surface area contributed by atoms with Crippen LogP contribution in [0.2, 0.25) is 0 Å². The first-order chi connectivity index (χ1) is 10.2. The molecule has 21 heavy (non-hydrogen) atoms. The summed E-state index contributed by atoms with van der Waals surface area (Å²) < 4.78 is 2.09. The molecule has 0 bridgehead atoms. The van der Waals surface area contributed by atoms with E-state index in [1.807, 2.05) is 18.0 Å². The van der Waals surface area contributed by atoms with Crippen molar-refractivity contribution in [1.29, 1.82) is 0 Å². The molecule has 5 nitrogen and oxygen atoms in total. The highest BCUT2D eigenvalue weighted by Gasteiger charge is 2.29. The Balaban J connectivity index is 1.68. The third kappa shape index (κ3) is 2.84. The van der Waals surface area contributed by atoms with E-state index in [9.17, 15) is 4.79 Å². The van der Waals surface area contributed by atoms with Crippen LogP contribution in [0.1, 0.15) is 56.8 Å². The van der Waals surface area contributed by atoms with Crippen LogP contribution in [-0.4, -0.2) is 39.7 Å². The van der Waals surface area contributed by atoms with Gasteiger partial charge in [0.1, 0.15) is 0 Å². The third-order valence-electron chi connectivity index (χ3n) is 4.80. The molecule has 0 radical (unpaired) electrons. The first-order valence-electron chi connectivity index (χ1n) is 8.30. The van der Waals surface area contributed by atoms with Gasteiger partial charge < -0.3 is 4.90 Å². The number of nitrogens with zero attached hydrogens (tertiary/aromatic N) is 3. The van der Waals surface area contributed by atoms with E-state index in [0.717, 1.165) is 45.3 Å². The van der Waals surface area contributed by atoms with Crippen LogP contribution in [0.3, 0.4) is 0 Å². The van der Waals surface area contributed by atoms with E-state index >= 15 is 0 Å². The quantitative estimate of drug-likeness (QED) is 0.921. The molecule has 1 aliphatic carbocycles. The fraction of sp³-hybridized carbons (Fsp3) is 0.750. The van der Waals surface area contributed by atoms with Crippen LogP contribution in [0.5, 0.6) is 0 Å². The van der Waals surface area contributed by atoms with Gasteiger partial charge in [0, 0.05) is 36.9 Å². The highest BCUT2D eigenvalue weighted by Crippen LogP contribution is 2.30. The minimum Gasteiger partial charge on any atom is -0.341 e. The Kier molecular flexibility index (Phi) is 4.29. The molecule has 1 aromatic heterocycles. The van der Waals surface area contributed by atoms with Crippen molar-refractivity contribution in [2.75, 3.05) is 13.1 Å². The molecule has 116 valence electrons. The molecule has 2 atom stereocenters. The molecule has 0 aromatic carbocycles. The Bertz CT molecular complexity index is 504. The van der Waals surface area contributed by atoms with Gasteiger partial charge in [0.15, 0.2) is 0 Å². The average Bonchev–Trinajstić information content (AvgIpc) is 3.16. The molecule has 2 heterocycles. The molecule has 1 aromatic rings. The van der Waals surface area contributed by atoms with Crippen LogP contribution in [0.15, 0.2) is 6.20 Å². The number of likely N-dealkylation sites (tertiary alicyclic amines) is 1. The Morgan fingerprint density at radius 3 is 2.90 bits per heavy atom. The highest BCUT2D eigenvalue weighted by atomic mass is 16.2. The van der Waals surface area contributed by atoms with Gasteiger partial charge in [-0.2, -0.15) is 5.10 Å². The van der Waals surface area contributed by atoms with Gasteiger partial charge in [0.25, 0.3) is 0 Å². The maximum Gasteiger partial charge on any atom is 0.239 e. The number of hydrogen-bond donors (Lipinski definition) is 1. The Morgan fingerprint density at radius 2 is 2.19 bits per heavy atom. The predicted molar refractivity (Wildman–Crippen MR) is 82.0 cm³/mol. The molecule has 5 heteroatoms. The first-order valence-corrected chi connectivity index (χ1v) is 8.30. The summed E-state index contributed by atoms with van der Waals surface area (Å²) in [6.07, 6.45) is 7.66. The van der Waals surface area contributed by atoms with E-state index in [2.05, 4.69) is 22.0 Å². The highest BCUT2D eigenvalue weighted by molar-refractivity contribution is 5.81. The van der Waals surface area contributed by atoms with Gasteiger partial charge in [-0.1, -0.05) is 0 Å². The van der Waals surface area contributed by atoms with Crippen molar-refractivity contribution in [3.8, 4) is 0 Å². The zero-order valence-electron chi connectivity index (χ0n) is 13.1. The molecule has 1 amide bonds. The van der Waals surface area contributed by atoms with E-state index in [1.165, 1.54) is 17.7 Å². The zero-order valence-corrected chi connectivity index (χ0v) is 13.1. The van der Waals surface area contributed by atoms with Crippen LogP contribution < -0.4 is 5.32 Å². The fourth-order valence-electron chi connectivity index (χ4n) is 3.65. The fourth-order valence-corrected chi connectivity index (χ4v) is 3.65. The Labute approximate surface area is 126 Å². The summed E-state index contributed by atoms with van der Waals surface area (Å²) in [6, 6.07) is 0.166. The zero-order chi connectivity index (χ0) is 14.8. The normalized spacial score (nSPS) is 23.1. The number of aryl methyl sites for hydroxylation is 1. The topological polar surface area (TPSA) is 50.2 Å². The average molecular weight is 290 g/mol. The molecule has 3 rings (SSSR count). The summed E-state index contributed by atoms with van der Waals surface area (Å²) in [5.41, 5.74) is 2.64. The van der Waals surface area contributed by atoms with E-state index < -0.39 is 0 Å². The number of carbonyl (C=O) groups is 1. The van der Waals surface area contributed by atoms with Crippen molar-refractivity contribution in [3.63, 3.8) is 0 Å². The molecule has 1 aliphatic heterocycles. The van der Waals surface area contributed by atoms with E-state index in [0.29, 0.717) is 0 Å². The largest absolute Gasteiger partial charge is 0.341 e. The maximum atomic E-state index is 12.4. The molecular formula is C16H26N4O. The van der Waals surface area contributed by atoms with E-state index in [-0.39, 0.29) is 18.0 Å². The Morgan fingerprint density at radius 1 is 1.43 bits per heavy atom. The van der Waals surface area contributed by atoms with Gasteiger partial charge in [0.2, 0.25) is 5.91 Å². The van der Waals surface area contributed by atoms with Gasteiger partial charge >= 0.3 is 0 Å². The lowest BCUT2D eigenvalue weighted by molar-refractivity contribution is -0.132. The smallest absolute Gasteiger partial charge is 0.239 e. The van der Waals surface area contributed by atoms with Crippen molar-refractivity contribution in [2.24, 2.45) is 0 Å². The lowest BCUT2D eigenvalue weighted by atomic mass is 9.92. The number of amides is 1. The summed E-state index contributed by atoms with van der Waals surface area (Å²) in [7, 11) is 0. The second-order valence-electron chi connectivity index (χ2n) is 6.23. The lowest BCUT2D eigenvalue weighted by Crippen LogP contribution is -2.45. The maximum absolute atomic E-state index is 12.4. The number of rotatable bonds is 4. The molecular weight excluding hydrogens is 264 g/mol. The molecule has 1 N–H and O–H groups in total. The van der Waals surface area contributed by atoms with Gasteiger partial charge in [0.05, 0.1) is 12.2 Å². The second kappa shape index (κ2) is 6.18. The third-order valence-corrected chi connectivity index (χ3v) is 4.80. The van der Waals surface area contributed by atoms with Crippen molar-refractivity contribution >= 4 is 5.91 Å². The Hall–Kier alpha value is -1.36. The lowest BCUT2D eigenvalue weighted by Gasteiger charge is -2.29. The van der Waals surface area contributed by atoms with Crippen molar-refractivity contribution in [3.05, 3.63) is 17.5 Å². The van der Waals surface area contributed by atoms with E-state index in [1.54, 1.807) is 0 Å². The van der Waals surface area contributed by atoms with Crippen LogP contribution in [0, 0.1) is 0 Å². The van der Waals surface area contributed by atoms with Gasteiger partial charge in [-0.05, 0) is 46.0 Å². The van der Waals surface area contributed by atoms with Crippen molar-refractivity contribution in [2.45, 2.75) is 64.6 Å². The summed E-state index contributed by atoms with van der Waals surface area (Å²) in [5.74, 6) is 0.252. The summed E-state index contributed by atoms with van der Waals surface area (Å²) in [6.45, 7) is 6.90. The number of hydrogen-bond acceptors (Lipinski definition) is 3. The van der Waals surface area contributed by atoms with Crippen molar-refractivity contribution < 1.29 is 4.79 Å². The first kappa shape index (κ1) is 14.6. The minimum absolute atomic E-state index is 0.107. The summed E-state index contributed by atoms with van der Waals surface area (Å²) >= 11 is 0. The van der Waals surface area contributed by atoms with Crippen LogP contribution in [0.25, 0.3) is 0 Å². The van der Waals surface area contributed by atoms with Crippen LogP contribution >= 0.6 is 0 Å². The van der Waals surface area contributed by atoms with Crippen LogP contribution in [-0.2, 0) is 17.8 Å². The van der Waals surface area contributed by atoms with Gasteiger partial charge in [-0.25, -0.2) is 0 Å². The molecule has 0 saturated carbocycles. The standard InChI is InChI=1S/C16H26N4O/c1-3-20-15-8-6-7-14(13(15)11-17-20)18-12(2)16(21)19-9-4-5-10-19/h11-12,14,18H,3-10H2,1-2H3/t12-,14+/m0/s1. The van der Waals surface area contributed by atoms with Gasteiger partial charge in [-0.15, -0.1) is 0 Å². The summed E-state index contributed by atoms with van der Waals surface area (Å²) in [5, 5.41) is 8.02. The SMILES string of the molecule is CCn1ncc2c1CCC[C@H]2N[C@@H](C)C(=O)N1CCCC1. The second-order valence-corrected chi connectivity index (χ2v) is 6.23. The van der Waals surface area contributed by atoms with Gasteiger partial charge in [-0.3, -0.25) is 14.8 Å². The number of nitrogens with one attached hydrogen (secondary N) is 1. The number of aromatic nitrogens is 2.